The normalized spacial score (nSPS) is 20.8. The van der Waals surface area contributed by atoms with Crippen LogP contribution < -0.4 is 10.2 Å². The maximum atomic E-state index is 6.15. The highest BCUT2D eigenvalue weighted by Crippen LogP contribution is 2.20. The Hall–Kier alpha value is -1.50. The van der Waals surface area contributed by atoms with Crippen molar-refractivity contribution in [3.63, 3.8) is 0 Å². The van der Waals surface area contributed by atoms with Gasteiger partial charge in [-0.25, -0.2) is 0 Å². The lowest BCUT2D eigenvalue weighted by Crippen LogP contribution is -2.53. The van der Waals surface area contributed by atoms with Crippen LogP contribution in [0.25, 0.3) is 0 Å². The van der Waals surface area contributed by atoms with E-state index in [4.69, 9.17) is 11.6 Å². The average Bonchev–Trinajstić information content (AvgIpc) is 2.75. The molecule has 1 atom stereocenters. The number of halogens is 1. The van der Waals surface area contributed by atoms with Crippen LogP contribution in [-0.2, 0) is 0 Å². The van der Waals surface area contributed by atoms with Crippen molar-refractivity contribution in [1.29, 1.82) is 0 Å². The molecule has 0 aromatic heterocycles. The number of piperazine rings is 2. The van der Waals surface area contributed by atoms with Gasteiger partial charge in [0.2, 0.25) is 0 Å². The van der Waals surface area contributed by atoms with Crippen LogP contribution in [0.4, 0.5) is 5.69 Å². The fourth-order valence-electron chi connectivity index (χ4n) is 4.24. The molecule has 0 aliphatic carbocycles. The van der Waals surface area contributed by atoms with Gasteiger partial charge in [-0.15, -0.1) is 0 Å². The number of nitrogens with one attached hydrogen (secondary N) is 1. The summed E-state index contributed by atoms with van der Waals surface area (Å²) < 4.78 is 0. The van der Waals surface area contributed by atoms with Crippen molar-refractivity contribution in [3.05, 3.63) is 29.3 Å². The van der Waals surface area contributed by atoms with Crippen molar-refractivity contribution in [1.82, 2.24) is 20.0 Å². The van der Waals surface area contributed by atoms with Crippen molar-refractivity contribution >= 4 is 23.2 Å². The zero-order valence-electron chi connectivity index (χ0n) is 18.3. The van der Waals surface area contributed by atoms with Gasteiger partial charge in [0, 0.05) is 83.2 Å². The third-order valence-electron chi connectivity index (χ3n) is 6.05. The van der Waals surface area contributed by atoms with Gasteiger partial charge < -0.3 is 24.9 Å². The van der Waals surface area contributed by atoms with Crippen LogP contribution >= 0.6 is 11.6 Å². The highest BCUT2D eigenvalue weighted by Gasteiger charge is 2.21. The minimum atomic E-state index is 0.604. The number of aliphatic imine (C=N–C) groups is 1. The summed E-state index contributed by atoms with van der Waals surface area (Å²) in [7, 11) is 1.89. The van der Waals surface area contributed by atoms with Gasteiger partial charge in [-0.05, 0) is 30.7 Å². The number of rotatable bonds is 6. The molecule has 2 heterocycles. The maximum absolute atomic E-state index is 6.15. The van der Waals surface area contributed by atoms with Crippen LogP contribution in [0.5, 0.6) is 0 Å². The zero-order valence-corrected chi connectivity index (χ0v) is 19.0. The molecule has 2 aliphatic rings. The molecule has 1 unspecified atom stereocenters. The van der Waals surface area contributed by atoms with Gasteiger partial charge in [-0.3, -0.25) is 4.99 Å². The van der Waals surface area contributed by atoms with Gasteiger partial charge in [-0.1, -0.05) is 31.5 Å². The topological polar surface area (TPSA) is 37.4 Å². The van der Waals surface area contributed by atoms with Gasteiger partial charge in [0.1, 0.15) is 0 Å². The number of guanidine groups is 1. The highest BCUT2D eigenvalue weighted by atomic mass is 35.5. The Morgan fingerprint density at radius 3 is 2.38 bits per heavy atom. The molecule has 0 radical (unpaired) electrons. The third-order valence-corrected chi connectivity index (χ3v) is 6.29. The molecule has 1 aromatic carbocycles. The molecule has 3 rings (SSSR count). The summed E-state index contributed by atoms with van der Waals surface area (Å²) >= 11 is 6.15. The first-order valence-electron chi connectivity index (χ1n) is 11.0. The van der Waals surface area contributed by atoms with E-state index in [2.05, 4.69) is 49.8 Å². The van der Waals surface area contributed by atoms with Gasteiger partial charge >= 0.3 is 0 Å². The SMILES string of the molecule is CCN1CCN(CC(C)CNC(=NC)N2CCN(c3cccc(Cl)c3)CC2)CC1. The molecule has 0 spiro atoms. The van der Waals surface area contributed by atoms with Crippen LogP contribution in [0, 0.1) is 5.92 Å². The molecule has 6 nitrogen and oxygen atoms in total. The molecule has 162 valence electrons. The summed E-state index contributed by atoms with van der Waals surface area (Å²) in [6, 6.07) is 8.13. The van der Waals surface area contributed by atoms with Crippen molar-refractivity contribution in [3.8, 4) is 0 Å². The molecule has 1 aromatic rings. The molecule has 1 N–H and O–H groups in total. The minimum Gasteiger partial charge on any atom is -0.368 e. The third kappa shape index (κ3) is 6.49. The summed E-state index contributed by atoms with van der Waals surface area (Å²) in [4.78, 5) is 14.4. The number of nitrogens with zero attached hydrogens (tertiary/aromatic N) is 5. The number of anilines is 1. The Kier molecular flexibility index (Phi) is 8.45. The van der Waals surface area contributed by atoms with Crippen LogP contribution in [0.3, 0.4) is 0 Å². The van der Waals surface area contributed by atoms with E-state index in [-0.39, 0.29) is 0 Å². The first kappa shape index (κ1) is 22.2. The van der Waals surface area contributed by atoms with E-state index in [0.717, 1.165) is 50.3 Å². The van der Waals surface area contributed by atoms with E-state index in [1.54, 1.807) is 0 Å². The van der Waals surface area contributed by atoms with Gasteiger partial charge in [0.15, 0.2) is 5.96 Å². The number of hydrogen-bond donors (Lipinski definition) is 1. The lowest BCUT2D eigenvalue weighted by molar-refractivity contribution is 0.124. The number of hydrogen-bond acceptors (Lipinski definition) is 4. The largest absolute Gasteiger partial charge is 0.368 e. The predicted octanol–water partition coefficient (Wildman–Crippen LogP) is 2.31. The zero-order chi connectivity index (χ0) is 20.6. The molecule has 0 amide bonds. The average molecular weight is 421 g/mol. The second-order valence-corrected chi connectivity index (χ2v) is 8.66. The first-order valence-corrected chi connectivity index (χ1v) is 11.4. The van der Waals surface area contributed by atoms with E-state index in [1.807, 2.05) is 25.2 Å². The predicted molar refractivity (Wildman–Crippen MR) is 124 cm³/mol. The highest BCUT2D eigenvalue weighted by molar-refractivity contribution is 6.30. The quantitative estimate of drug-likeness (QED) is 0.564. The summed E-state index contributed by atoms with van der Waals surface area (Å²) in [6.07, 6.45) is 0. The fraction of sp³-hybridized carbons (Fsp3) is 0.682. The molecular weight excluding hydrogens is 384 g/mol. The van der Waals surface area contributed by atoms with Crippen molar-refractivity contribution in [2.45, 2.75) is 13.8 Å². The van der Waals surface area contributed by atoms with E-state index in [0.29, 0.717) is 5.92 Å². The van der Waals surface area contributed by atoms with Gasteiger partial charge in [0.05, 0.1) is 0 Å². The molecule has 2 saturated heterocycles. The Morgan fingerprint density at radius 1 is 1.07 bits per heavy atom. The smallest absolute Gasteiger partial charge is 0.193 e. The summed E-state index contributed by atoms with van der Waals surface area (Å²) in [6.45, 7) is 16.6. The van der Waals surface area contributed by atoms with E-state index in [9.17, 15) is 0 Å². The molecular formula is C22H37ClN6. The summed E-state index contributed by atoms with van der Waals surface area (Å²) in [5, 5.41) is 4.41. The molecule has 0 bridgehead atoms. The lowest BCUT2D eigenvalue weighted by atomic mass is 10.1. The fourth-order valence-corrected chi connectivity index (χ4v) is 4.43. The van der Waals surface area contributed by atoms with Crippen LogP contribution in [-0.4, -0.2) is 99.7 Å². The van der Waals surface area contributed by atoms with Gasteiger partial charge in [-0.2, -0.15) is 0 Å². The van der Waals surface area contributed by atoms with Crippen LogP contribution in [0.2, 0.25) is 5.02 Å². The number of likely N-dealkylation sites (N-methyl/N-ethyl adjacent to an activating group) is 1. The lowest BCUT2D eigenvalue weighted by Gasteiger charge is -2.38. The second-order valence-electron chi connectivity index (χ2n) is 8.22. The Labute approximate surface area is 181 Å². The summed E-state index contributed by atoms with van der Waals surface area (Å²) in [5.74, 6) is 1.63. The maximum Gasteiger partial charge on any atom is 0.193 e. The Bertz CT molecular complexity index is 650. The standard InChI is InChI=1S/C22H37ClN6/c1-4-26-8-10-27(11-9-26)18-19(2)17-25-22(24-3)29-14-12-28(13-15-29)21-7-5-6-20(23)16-21/h5-7,16,19H,4,8-15,17-18H2,1-3H3,(H,24,25). The van der Waals surface area contributed by atoms with E-state index < -0.39 is 0 Å². The Balaban J connectivity index is 1.40. The van der Waals surface area contributed by atoms with Crippen LogP contribution in [0.1, 0.15) is 13.8 Å². The molecule has 2 aliphatic heterocycles. The summed E-state index contributed by atoms with van der Waals surface area (Å²) in [5.41, 5.74) is 1.21. The van der Waals surface area contributed by atoms with E-state index in [1.165, 1.54) is 38.4 Å². The van der Waals surface area contributed by atoms with Crippen molar-refractivity contribution in [2.24, 2.45) is 10.9 Å². The Morgan fingerprint density at radius 2 is 1.76 bits per heavy atom. The van der Waals surface area contributed by atoms with Crippen molar-refractivity contribution < 1.29 is 0 Å². The van der Waals surface area contributed by atoms with Crippen LogP contribution in [0.15, 0.2) is 29.3 Å². The van der Waals surface area contributed by atoms with Crippen molar-refractivity contribution in [2.75, 3.05) is 83.9 Å². The van der Waals surface area contributed by atoms with E-state index >= 15 is 0 Å². The minimum absolute atomic E-state index is 0.604. The molecule has 7 heteroatoms. The second kappa shape index (κ2) is 11.0. The molecule has 29 heavy (non-hydrogen) atoms. The number of benzene rings is 1. The van der Waals surface area contributed by atoms with Gasteiger partial charge in [0.25, 0.3) is 0 Å². The molecule has 0 saturated carbocycles. The first-order chi connectivity index (χ1) is 14.1. The monoisotopic (exact) mass is 420 g/mol. The molecule has 2 fully saturated rings.